The molecule has 1 aliphatic rings. The number of carboxylic acids is 1. The molecule has 1 saturated heterocycles. The summed E-state index contributed by atoms with van der Waals surface area (Å²) in [6.45, 7) is 7.68. The summed E-state index contributed by atoms with van der Waals surface area (Å²) in [7, 11) is 0. The van der Waals surface area contributed by atoms with Crippen molar-refractivity contribution in [3.05, 3.63) is 10.4 Å². The number of carboxylic acid groups (broad SMARTS) is 1. The number of aliphatic carboxylic acids is 1. The van der Waals surface area contributed by atoms with Gasteiger partial charge in [0.1, 0.15) is 12.1 Å². The number of hydrogen-bond donors (Lipinski definition) is 1. The highest BCUT2D eigenvalue weighted by atomic mass is 16.6. The van der Waals surface area contributed by atoms with Crippen molar-refractivity contribution in [2.45, 2.75) is 32.4 Å². The molecule has 0 bridgehead atoms. The molecule has 1 fully saturated rings. The van der Waals surface area contributed by atoms with E-state index in [1.165, 1.54) is 0 Å². The fraction of sp³-hybridized carbons (Fsp3) is 0.857. The van der Waals surface area contributed by atoms with E-state index >= 15 is 0 Å². The molecule has 10 heteroatoms. The Morgan fingerprint density at radius 3 is 2.58 bits per heavy atom. The Kier molecular flexibility index (Phi) is 7.76. The lowest BCUT2D eigenvalue weighted by atomic mass is 10.1. The van der Waals surface area contributed by atoms with E-state index < -0.39 is 24.2 Å². The maximum atomic E-state index is 12.0. The minimum absolute atomic E-state index is 0.0354. The SMILES string of the molecule is CC(C)(C)OC(=O)N(CCOCCN1CC(N=[N+]=[N-])C1)CC(=O)O. The van der Waals surface area contributed by atoms with Crippen molar-refractivity contribution in [2.75, 3.05) is 45.9 Å². The highest BCUT2D eigenvalue weighted by Crippen LogP contribution is 2.11. The van der Waals surface area contributed by atoms with E-state index in [-0.39, 0.29) is 19.2 Å². The highest BCUT2D eigenvalue weighted by Gasteiger charge is 2.25. The van der Waals surface area contributed by atoms with Crippen LogP contribution in [0.2, 0.25) is 0 Å². The van der Waals surface area contributed by atoms with Crippen LogP contribution in [-0.4, -0.2) is 84.5 Å². The number of ether oxygens (including phenoxy) is 2. The first kappa shape index (κ1) is 20.0. The van der Waals surface area contributed by atoms with E-state index in [1.54, 1.807) is 20.8 Å². The predicted molar refractivity (Wildman–Crippen MR) is 85.6 cm³/mol. The zero-order valence-electron chi connectivity index (χ0n) is 14.3. The Morgan fingerprint density at radius 2 is 2.04 bits per heavy atom. The lowest BCUT2D eigenvalue weighted by Gasteiger charge is -2.36. The molecule has 24 heavy (non-hydrogen) atoms. The molecule has 0 spiro atoms. The second kappa shape index (κ2) is 9.31. The number of amides is 1. The quantitative estimate of drug-likeness (QED) is 0.291. The number of carbonyl (C=O) groups is 2. The van der Waals surface area contributed by atoms with Gasteiger partial charge in [-0.25, -0.2) is 4.79 Å². The molecule has 136 valence electrons. The first-order valence-corrected chi connectivity index (χ1v) is 7.75. The predicted octanol–water partition coefficient (Wildman–Crippen LogP) is 1.32. The number of azide groups is 1. The molecule has 1 aliphatic heterocycles. The van der Waals surface area contributed by atoms with Gasteiger partial charge in [-0.2, -0.15) is 0 Å². The van der Waals surface area contributed by atoms with Crippen molar-refractivity contribution in [1.29, 1.82) is 0 Å². The van der Waals surface area contributed by atoms with Gasteiger partial charge < -0.3 is 19.5 Å². The highest BCUT2D eigenvalue weighted by molar-refractivity contribution is 5.76. The monoisotopic (exact) mass is 343 g/mol. The summed E-state index contributed by atoms with van der Waals surface area (Å²) in [4.78, 5) is 28.8. The molecule has 1 heterocycles. The topological polar surface area (TPSA) is 128 Å². The van der Waals surface area contributed by atoms with Crippen molar-refractivity contribution < 1.29 is 24.2 Å². The molecule has 0 aromatic rings. The molecule has 0 unspecified atom stereocenters. The van der Waals surface area contributed by atoms with Gasteiger partial charge in [0.05, 0.1) is 19.3 Å². The molecule has 0 aromatic heterocycles. The van der Waals surface area contributed by atoms with E-state index in [0.29, 0.717) is 13.2 Å². The van der Waals surface area contributed by atoms with Crippen molar-refractivity contribution >= 4 is 12.1 Å². The van der Waals surface area contributed by atoms with Crippen LogP contribution in [-0.2, 0) is 14.3 Å². The molecule has 10 nitrogen and oxygen atoms in total. The lowest BCUT2D eigenvalue weighted by Crippen LogP contribution is -2.50. The average Bonchev–Trinajstić information content (AvgIpc) is 2.40. The zero-order chi connectivity index (χ0) is 18.2. The molecule has 0 saturated carbocycles. The van der Waals surface area contributed by atoms with E-state index in [1.807, 2.05) is 0 Å². The maximum Gasteiger partial charge on any atom is 0.410 e. The summed E-state index contributed by atoms with van der Waals surface area (Å²) in [5.74, 6) is -1.11. The van der Waals surface area contributed by atoms with Crippen molar-refractivity contribution in [3.8, 4) is 0 Å². The standard InChI is InChI=1S/C14H25N5O5/c1-14(2,3)24-13(22)19(10-12(20)21)5-7-23-6-4-18-8-11(9-18)16-17-15/h11H,4-10H2,1-3H3,(H,20,21). The van der Waals surface area contributed by atoms with Gasteiger partial charge in [-0.3, -0.25) is 9.69 Å². The van der Waals surface area contributed by atoms with Crippen LogP contribution in [0.25, 0.3) is 10.4 Å². The van der Waals surface area contributed by atoms with E-state index in [4.69, 9.17) is 20.1 Å². The minimum Gasteiger partial charge on any atom is -0.480 e. The molecular formula is C14H25N5O5. The van der Waals surface area contributed by atoms with Crippen LogP contribution < -0.4 is 0 Å². The van der Waals surface area contributed by atoms with Gasteiger partial charge >= 0.3 is 12.1 Å². The van der Waals surface area contributed by atoms with E-state index in [0.717, 1.165) is 18.0 Å². The summed E-state index contributed by atoms with van der Waals surface area (Å²) in [6, 6.07) is 0.0354. The fourth-order valence-corrected chi connectivity index (χ4v) is 2.07. The molecule has 0 aromatic carbocycles. The number of hydrogen-bond acceptors (Lipinski definition) is 6. The second-order valence-electron chi connectivity index (χ2n) is 6.53. The number of nitrogens with zero attached hydrogens (tertiary/aromatic N) is 5. The van der Waals surface area contributed by atoms with Gasteiger partial charge in [0.15, 0.2) is 0 Å². The van der Waals surface area contributed by atoms with Crippen molar-refractivity contribution in [1.82, 2.24) is 9.80 Å². The van der Waals surface area contributed by atoms with Gasteiger partial charge in [0, 0.05) is 31.1 Å². The fourth-order valence-electron chi connectivity index (χ4n) is 2.07. The van der Waals surface area contributed by atoms with Crippen LogP contribution in [0.15, 0.2) is 5.11 Å². The van der Waals surface area contributed by atoms with Gasteiger partial charge in [-0.1, -0.05) is 5.11 Å². The molecule has 1 N–H and O–H groups in total. The summed E-state index contributed by atoms with van der Waals surface area (Å²) in [6.07, 6.45) is -0.673. The zero-order valence-corrected chi connectivity index (χ0v) is 14.3. The number of likely N-dealkylation sites (tertiary alicyclic amines) is 1. The molecule has 0 atom stereocenters. The largest absolute Gasteiger partial charge is 0.480 e. The molecule has 0 aliphatic carbocycles. The van der Waals surface area contributed by atoms with Crippen LogP contribution in [0.4, 0.5) is 4.79 Å². The Balaban J connectivity index is 2.24. The van der Waals surface area contributed by atoms with Crippen LogP contribution in [0.5, 0.6) is 0 Å². The van der Waals surface area contributed by atoms with Gasteiger partial charge in [-0.15, -0.1) is 0 Å². The van der Waals surface area contributed by atoms with Crippen LogP contribution in [0.3, 0.4) is 0 Å². The Bertz CT molecular complexity index is 480. The first-order chi connectivity index (χ1) is 11.2. The third kappa shape index (κ3) is 8.00. The van der Waals surface area contributed by atoms with Gasteiger partial charge in [0.2, 0.25) is 0 Å². The maximum absolute atomic E-state index is 12.0. The minimum atomic E-state index is -1.11. The smallest absolute Gasteiger partial charge is 0.410 e. The van der Waals surface area contributed by atoms with Crippen LogP contribution >= 0.6 is 0 Å². The summed E-state index contributed by atoms with van der Waals surface area (Å²) in [5.41, 5.74) is 7.61. The Labute approximate surface area is 140 Å². The Hall–Kier alpha value is -2.03. The molecule has 0 radical (unpaired) electrons. The van der Waals surface area contributed by atoms with Crippen LogP contribution in [0.1, 0.15) is 20.8 Å². The number of carbonyl (C=O) groups excluding carboxylic acids is 1. The van der Waals surface area contributed by atoms with Gasteiger partial charge in [-0.05, 0) is 26.3 Å². The van der Waals surface area contributed by atoms with Crippen molar-refractivity contribution in [3.63, 3.8) is 0 Å². The van der Waals surface area contributed by atoms with Crippen molar-refractivity contribution in [2.24, 2.45) is 5.11 Å². The summed E-state index contributed by atoms with van der Waals surface area (Å²) >= 11 is 0. The van der Waals surface area contributed by atoms with E-state index in [2.05, 4.69) is 14.9 Å². The normalized spacial score (nSPS) is 15.3. The van der Waals surface area contributed by atoms with Crippen LogP contribution in [0, 0.1) is 0 Å². The lowest BCUT2D eigenvalue weighted by molar-refractivity contribution is -0.138. The van der Waals surface area contributed by atoms with E-state index in [9.17, 15) is 9.59 Å². The third-order valence-electron chi connectivity index (χ3n) is 3.19. The molecule has 1 rings (SSSR count). The van der Waals surface area contributed by atoms with Gasteiger partial charge in [0.25, 0.3) is 0 Å². The molecule has 1 amide bonds. The third-order valence-corrected chi connectivity index (χ3v) is 3.19. The first-order valence-electron chi connectivity index (χ1n) is 7.75. The number of rotatable bonds is 9. The average molecular weight is 343 g/mol. The molecular weight excluding hydrogens is 318 g/mol. The second-order valence-corrected chi connectivity index (χ2v) is 6.53. The Morgan fingerprint density at radius 1 is 1.38 bits per heavy atom. The summed E-state index contributed by atoms with van der Waals surface area (Å²) in [5, 5.41) is 12.5. The summed E-state index contributed by atoms with van der Waals surface area (Å²) < 4.78 is 10.6.